The van der Waals surface area contributed by atoms with E-state index >= 15 is 0 Å². The number of benzene rings is 9. The molecule has 4 heteroatoms. The number of aromatic nitrogens is 3. The van der Waals surface area contributed by atoms with Crippen molar-refractivity contribution >= 4 is 64.0 Å². The Balaban J connectivity index is 1.02. The zero-order chi connectivity index (χ0) is 40.3. The molecule has 0 aliphatic carbocycles. The number of pyridine rings is 1. The summed E-state index contributed by atoms with van der Waals surface area (Å²) in [6.45, 7) is 0. The number of hydrogen-bond donors (Lipinski definition) is 0. The van der Waals surface area contributed by atoms with Crippen LogP contribution in [0, 0.1) is 0 Å². The summed E-state index contributed by atoms with van der Waals surface area (Å²) in [7, 11) is 0. The van der Waals surface area contributed by atoms with Gasteiger partial charge in [0.2, 0.25) is 0 Å². The van der Waals surface area contributed by atoms with Crippen LogP contribution in [0.2, 0.25) is 0 Å². The van der Waals surface area contributed by atoms with E-state index in [-0.39, 0.29) is 0 Å². The summed E-state index contributed by atoms with van der Waals surface area (Å²) in [4.78, 5) is 15.8. The molecule has 12 aromatic rings. The molecule has 0 aliphatic heterocycles. The number of fused-ring (bicyclic) bond motifs is 8. The second-order valence-corrected chi connectivity index (χ2v) is 16.6. The standard InChI is InChI=1S/C57H35N3S/c1-3-16-36(17-4-1)50-35-51(37-18-5-2-6-19-37)60-57(59-50)42-24-14-22-39(33-42)38-21-13-23-40(32-38)44-29-15-30-49-53(44)54-47-28-11-12-31-52(47)61-56(54)55(58-49)48-34-41-20-7-8-25-43(41)45-26-9-10-27-46(45)48/h1-35H. The zero-order valence-corrected chi connectivity index (χ0v) is 33.8. The van der Waals surface area contributed by atoms with Crippen LogP contribution in [0.15, 0.2) is 212 Å². The Morgan fingerprint density at radius 2 is 0.885 bits per heavy atom. The minimum atomic E-state index is 0.695. The SMILES string of the molecule is c1ccc(-c2cc(-c3ccccc3)nc(-c3cccc(-c4cccc(-c5cccc6nc(-c7cc8ccccc8c8ccccc78)c7sc8ccccc8c7c56)c4)c3)n2)cc1. The fourth-order valence-corrected chi connectivity index (χ4v) is 10.2. The van der Waals surface area contributed by atoms with E-state index in [0.717, 1.165) is 67.1 Å². The highest BCUT2D eigenvalue weighted by Gasteiger charge is 2.21. The summed E-state index contributed by atoms with van der Waals surface area (Å²) >= 11 is 1.84. The first-order valence-corrected chi connectivity index (χ1v) is 21.4. The number of nitrogens with zero attached hydrogens (tertiary/aromatic N) is 3. The third-order valence-electron chi connectivity index (χ3n) is 11.9. The molecule has 0 amide bonds. The fourth-order valence-electron chi connectivity index (χ4n) is 9.00. The van der Waals surface area contributed by atoms with Gasteiger partial charge in [-0.3, -0.25) is 0 Å². The molecule has 284 valence electrons. The average Bonchev–Trinajstić information content (AvgIpc) is 3.74. The second-order valence-electron chi connectivity index (χ2n) is 15.5. The first kappa shape index (κ1) is 35.2. The molecule has 3 heterocycles. The van der Waals surface area contributed by atoms with Crippen LogP contribution in [0.25, 0.3) is 120 Å². The highest BCUT2D eigenvalue weighted by atomic mass is 32.1. The van der Waals surface area contributed by atoms with Gasteiger partial charge in [-0.1, -0.05) is 176 Å². The number of hydrogen-bond acceptors (Lipinski definition) is 4. The monoisotopic (exact) mass is 793 g/mol. The van der Waals surface area contributed by atoms with E-state index in [1.807, 2.05) is 23.5 Å². The third-order valence-corrected chi connectivity index (χ3v) is 13.0. The zero-order valence-electron chi connectivity index (χ0n) is 33.0. The predicted molar refractivity (Wildman–Crippen MR) is 258 cm³/mol. The van der Waals surface area contributed by atoms with Crippen molar-refractivity contribution in [1.29, 1.82) is 0 Å². The average molecular weight is 794 g/mol. The normalized spacial score (nSPS) is 11.6. The van der Waals surface area contributed by atoms with Crippen LogP contribution < -0.4 is 0 Å². The Labute approximate surface area is 356 Å². The highest BCUT2D eigenvalue weighted by molar-refractivity contribution is 7.26. The molecule has 0 bridgehead atoms. The van der Waals surface area contributed by atoms with Crippen LogP contribution in [0.1, 0.15) is 0 Å². The molecule has 0 atom stereocenters. The highest BCUT2D eigenvalue weighted by Crippen LogP contribution is 2.47. The van der Waals surface area contributed by atoms with E-state index in [1.165, 1.54) is 47.1 Å². The maximum Gasteiger partial charge on any atom is 0.160 e. The molecule has 0 aliphatic rings. The van der Waals surface area contributed by atoms with E-state index in [4.69, 9.17) is 15.0 Å². The maximum absolute atomic E-state index is 5.59. The van der Waals surface area contributed by atoms with Gasteiger partial charge < -0.3 is 0 Å². The Morgan fingerprint density at radius 3 is 1.62 bits per heavy atom. The van der Waals surface area contributed by atoms with Crippen LogP contribution in [-0.2, 0) is 0 Å². The van der Waals surface area contributed by atoms with Crippen molar-refractivity contribution in [3.63, 3.8) is 0 Å². The lowest BCUT2D eigenvalue weighted by Gasteiger charge is -2.15. The minimum absolute atomic E-state index is 0.695. The quantitative estimate of drug-likeness (QED) is 0.157. The van der Waals surface area contributed by atoms with Crippen molar-refractivity contribution < 1.29 is 0 Å². The summed E-state index contributed by atoms with van der Waals surface area (Å²) in [6, 6.07) is 75.5. The molecule has 0 unspecified atom stereocenters. The Kier molecular flexibility index (Phi) is 8.36. The summed E-state index contributed by atoms with van der Waals surface area (Å²) in [5.74, 6) is 0.695. The van der Waals surface area contributed by atoms with Crippen LogP contribution in [0.3, 0.4) is 0 Å². The summed E-state index contributed by atoms with van der Waals surface area (Å²) in [6.07, 6.45) is 0. The Hall–Kier alpha value is -7.79. The molecule has 3 nitrogen and oxygen atoms in total. The molecule has 0 saturated heterocycles. The van der Waals surface area contributed by atoms with Crippen molar-refractivity contribution in [2.45, 2.75) is 0 Å². The maximum atomic E-state index is 5.59. The molecule has 3 aromatic heterocycles. The largest absolute Gasteiger partial charge is 0.246 e. The van der Waals surface area contributed by atoms with E-state index in [1.54, 1.807) is 0 Å². The van der Waals surface area contributed by atoms with Crippen molar-refractivity contribution in [3.05, 3.63) is 212 Å². The molecule has 0 N–H and O–H groups in total. The molecular weight excluding hydrogens is 759 g/mol. The topological polar surface area (TPSA) is 38.7 Å². The lowest BCUT2D eigenvalue weighted by molar-refractivity contribution is 1.18. The number of thiophene rings is 1. The second kappa shape index (κ2) is 14.5. The van der Waals surface area contributed by atoms with Gasteiger partial charge in [-0.25, -0.2) is 15.0 Å². The lowest BCUT2D eigenvalue weighted by Crippen LogP contribution is -1.96. The minimum Gasteiger partial charge on any atom is -0.246 e. The molecular formula is C57H35N3S. The van der Waals surface area contributed by atoms with Crippen molar-refractivity contribution in [1.82, 2.24) is 15.0 Å². The van der Waals surface area contributed by atoms with Gasteiger partial charge in [0.25, 0.3) is 0 Å². The summed E-state index contributed by atoms with van der Waals surface area (Å²) in [5, 5.41) is 8.62. The molecule has 0 fully saturated rings. The van der Waals surface area contributed by atoms with Gasteiger partial charge in [-0.05, 0) is 80.2 Å². The molecule has 0 spiro atoms. The predicted octanol–water partition coefficient (Wildman–Crippen LogP) is 15.7. The molecule has 0 saturated carbocycles. The van der Waals surface area contributed by atoms with Gasteiger partial charge in [-0.2, -0.15) is 0 Å². The van der Waals surface area contributed by atoms with Crippen LogP contribution >= 0.6 is 11.3 Å². The molecule has 0 radical (unpaired) electrons. The van der Waals surface area contributed by atoms with E-state index in [2.05, 4.69) is 200 Å². The van der Waals surface area contributed by atoms with Gasteiger partial charge >= 0.3 is 0 Å². The van der Waals surface area contributed by atoms with Gasteiger partial charge in [-0.15, -0.1) is 11.3 Å². The summed E-state index contributed by atoms with van der Waals surface area (Å²) in [5.41, 5.74) is 12.6. The first-order valence-electron chi connectivity index (χ1n) is 20.6. The van der Waals surface area contributed by atoms with E-state index < -0.39 is 0 Å². The van der Waals surface area contributed by atoms with Gasteiger partial charge in [0.1, 0.15) is 0 Å². The van der Waals surface area contributed by atoms with Crippen LogP contribution in [-0.4, -0.2) is 15.0 Å². The Morgan fingerprint density at radius 1 is 0.328 bits per heavy atom. The number of rotatable bonds is 6. The lowest BCUT2D eigenvalue weighted by atomic mass is 9.92. The first-order chi connectivity index (χ1) is 30.2. The van der Waals surface area contributed by atoms with E-state index in [0.29, 0.717) is 5.82 Å². The van der Waals surface area contributed by atoms with Crippen molar-refractivity contribution in [3.8, 4) is 67.4 Å². The third kappa shape index (κ3) is 6.07. The van der Waals surface area contributed by atoms with E-state index in [9.17, 15) is 0 Å². The van der Waals surface area contributed by atoms with Crippen molar-refractivity contribution in [2.75, 3.05) is 0 Å². The molecule has 9 aromatic carbocycles. The van der Waals surface area contributed by atoms with Gasteiger partial charge in [0, 0.05) is 43.1 Å². The van der Waals surface area contributed by atoms with Crippen LogP contribution in [0.5, 0.6) is 0 Å². The van der Waals surface area contributed by atoms with Gasteiger partial charge in [0.15, 0.2) is 5.82 Å². The van der Waals surface area contributed by atoms with Crippen LogP contribution in [0.4, 0.5) is 0 Å². The smallest absolute Gasteiger partial charge is 0.160 e. The summed E-state index contributed by atoms with van der Waals surface area (Å²) < 4.78 is 2.46. The fraction of sp³-hybridized carbons (Fsp3) is 0. The molecule has 12 rings (SSSR count). The van der Waals surface area contributed by atoms with Crippen molar-refractivity contribution in [2.24, 2.45) is 0 Å². The Bertz CT molecular complexity index is 3590. The molecule has 61 heavy (non-hydrogen) atoms. The van der Waals surface area contributed by atoms with Gasteiger partial charge in [0.05, 0.1) is 27.3 Å².